The number of rotatable bonds is 5. The molecule has 1 N–H and O–H groups in total. The summed E-state index contributed by atoms with van der Waals surface area (Å²) in [5.41, 5.74) is 0. The highest BCUT2D eigenvalue weighted by molar-refractivity contribution is 5.41. The molecule has 1 aliphatic rings. The number of pyridine rings is 1. The van der Waals surface area contributed by atoms with E-state index in [1.54, 1.807) is 13.0 Å². The van der Waals surface area contributed by atoms with Crippen molar-refractivity contribution in [3.05, 3.63) is 18.3 Å². The van der Waals surface area contributed by atoms with Gasteiger partial charge in [0.25, 0.3) is 0 Å². The van der Waals surface area contributed by atoms with Gasteiger partial charge in [-0.3, -0.25) is 4.90 Å². The number of hydrogen-bond donors (Lipinski definition) is 1. The zero-order valence-electron chi connectivity index (χ0n) is 11.4. The van der Waals surface area contributed by atoms with Crippen LogP contribution in [0.4, 0.5) is 14.6 Å². The van der Waals surface area contributed by atoms with Crippen molar-refractivity contribution in [2.45, 2.75) is 19.6 Å². The van der Waals surface area contributed by atoms with Crippen LogP contribution in [0.5, 0.6) is 5.75 Å². The van der Waals surface area contributed by atoms with Crippen LogP contribution in [0.2, 0.25) is 0 Å². The SMILES string of the molecule is C[C@@H](O)CN1CCN(c2ccc(OC(F)F)cn2)CC1. The Morgan fingerprint density at radius 1 is 1.30 bits per heavy atom. The third-order valence-corrected chi connectivity index (χ3v) is 3.16. The number of aliphatic hydroxyl groups excluding tert-OH is 1. The Balaban J connectivity index is 1.87. The first-order chi connectivity index (χ1) is 9.54. The second kappa shape index (κ2) is 6.81. The summed E-state index contributed by atoms with van der Waals surface area (Å²) in [7, 11) is 0. The minimum Gasteiger partial charge on any atom is -0.433 e. The van der Waals surface area contributed by atoms with E-state index in [0.29, 0.717) is 6.54 Å². The maximum Gasteiger partial charge on any atom is 0.387 e. The Bertz CT molecular complexity index is 407. The summed E-state index contributed by atoms with van der Waals surface area (Å²) in [5.74, 6) is 0.819. The Kier molecular flexibility index (Phi) is 5.08. The van der Waals surface area contributed by atoms with E-state index < -0.39 is 6.61 Å². The molecule has 7 heteroatoms. The molecule has 112 valence electrons. The van der Waals surface area contributed by atoms with E-state index in [9.17, 15) is 13.9 Å². The van der Waals surface area contributed by atoms with Crippen LogP contribution in [0.3, 0.4) is 0 Å². The normalized spacial score (nSPS) is 18.4. The van der Waals surface area contributed by atoms with Gasteiger partial charge in [0.1, 0.15) is 11.6 Å². The van der Waals surface area contributed by atoms with Gasteiger partial charge >= 0.3 is 6.61 Å². The molecule has 1 saturated heterocycles. The summed E-state index contributed by atoms with van der Waals surface area (Å²) in [4.78, 5) is 8.42. The zero-order chi connectivity index (χ0) is 14.5. The molecule has 0 aromatic carbocycles. The van der Waals surface area contributed by atoms with E-state index in [2.05, 4.69) is 19.5 Å². The second-order valence-electron chi connectivity index (χ2n) is 4.87. The molecule has 20 heavy (non-hydrogen) atoms. The number of halogens is 2. The minimum atomic E-state index is -2.83. The third kappa shape index (κ3) is 4.28. The molecule has 0 saturated carbocycles. The largest absolute Gasteiger partial charge is 0.433 e. The van der Waals surface area contributed by atoms with Crippen molar-refractivity contribution in [2.24, 2.45) is 0 Å². The lowest BCUT2D eigenvalue weighted by Crippen LogP contribution is -2.48. The predicted molar refractivity (Wildman–Crippen MR) is 71.2 cm³/mol. The van der Waals surface area contributed by atoms with E-state index in [0.717, 1.165) is 32.0 Å². The molecule has 0 spiro atoms. The van der Waals surface area contributed by atoms with Gasteiger partial charge in [-0.25, -0.2) is 4.98 Å². The molecule has 1 aromatic heterocycles. The summed E-state index contributed by atoms with van der Waals surface area (Å²) < 4.78 is 28.3. The smallest absolute Gasteiger partial charge is 0.387 e. The van der Waals surface area contributed by atoms with Gasteiger partial charge < -0.3 is 14.7 Å². The third-order valence-electron chi connectivity index (χ3n) is 3.16. The lowest BCUT2D eigenvalue weighted by atomic mass is 10.2. The topological polar surface area (TPSA) is 48.8 Å². The number of hydrogen-bond acceptors (Lipinski definition) is 5. The molecule has 5 nitrogen and oxygen atoms in total. The van der Waals surface area contributed by atoms with Gasteiger partial charge in [0.05, 0.1) is 12.3 Å². The van der Waals surface area contributed by atoms with Crippen LogP contribution in [0, 0.1) is 0 Å². The van der Waals surface area contributed by atoms with E-state index >= 15 is 0 Å². The monoisotopic (exact) mass is 287 g/mol. The number of aromatic nitrogens is 1. The van der Waals surface area contributed by atoms with Gasteiger partial charge in [-0.2, -0.15) is 8.78 Å². The van der Waals surface area contributed by atoms with Crippen molar-refractivity contribution < 1.29 is 18.6 Å². The highest BCUT2D eigenvalue weighted by Gasteiger charge is 2.19. The number of anilines is 1. The van der Waals surface area contributed by atoms with Crippen LogP contribution in [-0.2, 0) is 0 Å². The average molecular weight is 287 g/mol. The summed E-state index contributed by atoms with van der Waals surface area (Å²) in [6.45, 7) is 2.91. The quantitative estimate of drug-likeness (QED) is 0.881. The van der Waals surface area contributed by atoms with Crippen molar-refractivity contribution in [1.29, 1.82) is 0 Å². The molecule has 1 fully saturated rings. The van der Waals surface area contributed by atoms with E-state index in [-0.39, 0.29) is 11.9 Å². The number of alkyl halides is 2. The van der Waals surface area contributed by atoms with Gasteiger partial charge in [-0.1, -0.05) is 0 Å². The summed E-state index contributed by atoms with van der Waals surface area (Å²) in [6.07, 6.45) is 0.981. The molecular weight excluding hydrogens is 268 g/mol. The van der Waals surface area contributed by atoms with Crippen LogP contribution in [0.15, 0.2) is 18.3 Å². The molecule has 0 bridgehead atoms. The Labute approximate surface area is 116 Å². The number of aliphatic hydroxyl groups is 1. The number of piperazine rings is 1. The first-order valence-electron chi connectivity index (χ1n) is 6.61. The summed E-state index contributed by atoms with van der Waals surface area (Å²) in [6, 6.07) is 3.18. The number of β-amino-alcohol motifs (C(OH)–C–C–N with tert-alkyl or cyclic N) is 1. The second-order valence-corrected chi connectivity index (χ2v) is 4.87. The lowest BCUT2D eigenvalue weighted by molar-refractivity contribution is -0.0500. The lowest BCUT2D eigenvalue weighted by Gasteiger charge is -2.35. The van der Waals surface area contributed by atoms with Crippen molar-refractivity contribution >= 4 is 5.82 Å². The van der Waals surface area contributed by atoms with Crippen molar-refractivity contribution in [3.8, 4) is 5.75 Å². The molecule has 0 aliphatic carbocycles. The molecule has 2 heterocycles. The fourth-order valence-electron chi connectivity index (χ4n) is 2.27. The fraction of sp³-hybridized carbons (Fsp3) is 0.615. The van der Waals surface area contributed by atoms with Gasteiger partial charge in [0.15, 0.2) is 0 Å². The molecular formula is C13H19F2N3O2. The molecule has 0 amide bonds. The van der Waals surface area contributed by atoms with E-state index in [1.165, 1.54) is 12.3 Å². The first kappa shape index (κ1) is 14.9. The molecule has 1 aromatic rings. The molecule has 0 radical (unpaired) electrons. The van der Waals surface area contributed by atoms with Crippen LogP contribution in [-0.4, -0.2) is 60.4 Å². The molecule has 1 aliphatic heterocycles. The highest BCUT2D eigenvalue weighted by Crippen LogP contribution is 2.18. The zero-order valence-corrected chi connectivity index (χ0v) is 11.4. The van der Waals surface area contributed by atoms with E-state index in [4.69, 9.17) is 0 Å². The Hall–Kier alpha value is -1.47. The van der Waals surface area contributed by atoms with Gasteiger partial charge in [0, 0.05) is 32.7 Å². The van der Waals surface area contributed by atoms with Crippen molar-refractivity contribution in [3.63, 3.8) is 0 Å². The van der Waals surface area contributed by atoms with Crippen LogP contribution in [0.1, 0.15) is 6.92 Å². The summed E-state index contributed by atoms with van der Waals surface area (Å²) in [5, 5.41) is 9.35. The van der Waals surface area contributed by atoms with Gasteiger partial charge in [-0.05, 0) is 19.1 Å². The maximum absolute atomic E-state index is 12.0. The molecule has 1 atom stereocenters. The average Bonchev–Trinajstić information content (AvgIpc) is 2.39. The van der Waals surface area contributed by atoms with Crippen LogP contribution < -0.4 is 9.64 Å². The Morgan fingerprint density at radius 3 is 2.50 bits per heavy atom. The Morgan fingerprint density at radius 2 is 2.00 bits per heavy atom. The van der Waals surface area contributed by atoms with Crippen molar-refractivity contribution in [2.75, 3.05) is 37.6 Å². The first-order valence-corrected chi connectivity index (χ1v) is 6.61. The van der Waals surface area contributed by atoms with Gasteiger partial charge in [0.2, 0.25) is 0 Å². The van der Waals surface area contributed by atoms with Crippen LogP contribution >= 0.6 is 0 Å². The standard InChI is InChI=1S/C13H19F2N3O2/c1-10(19)9-17-4-6-18(7-5-17)12-3-2-11(8-16-12)20-13(14)15/h2-3,8,10,13,19H,4-7,9H2,1H3/t10-/m1/s1. The highest BCUT2D eigenvalue weighted by atomic mass is 19.3. The maximum atomic E-state index is 12.0. The van der Waals surface area contributed by atoms with Crippen LogP contribution in [0.25, 0.3) is 0 Å². The molecule has 0 unspecified atom stereocenters. The predicted octanol–water partition coefficient (Wildman–Crippen LogP) is 1.19. The fourth-order valence-corrected chi connectivity index (χ4v) is 2.27. The minimum absolute atomic E-state index is 0.0662. The summed E-state index contributed by atoms with van der Waals surface area (Å²) >= 11 is 0. The van der Waals surface area contributed by atoms with E-state index in [1.807, 2.05) is 0 Å². The van der Waals surface area contributed by atoms with Crippen molar-refractivity contribution in [1.82, 2.24) is 9.88 Å². The van der Waals surface area contributed by atoms with Gasteiger partial charge in [-0.15, -0.1) is 0 Å². The number of ether oxygens (including phenoxy) is 1. The number of nitrogens with zero attached hydrogens (tertiary/aromatic N) is 3. The molecule has 2 rings (SSSR count).